The zero-order valence-electron chi connectivity index (χ0n) is 12.9. The van der Waals surface area contributed by atoms with Gasteiger partial charge in [-0.3, -0.25) is 9.48 Å². The molecule has 0 spiro atoms. The van der Waals surface area contributed by atoms with E-state index in [1.54, 1.807) is 23.1 Å². The van der Waals surface area contributed by atoms with E-state index < -0.39 is 0 Å². The van der Waals surface area contributed by atoms with E-state index >= 15 is 0 Å². The number of nitrogen functional groups attached to an aromatic ring is 1. The van der Waals surface area contributed by atoms with Crippen LogP contribution in [0.4, 0.5) is 5.69 Å². The van der Waals surface area contributed by atoms with Gasteiger partial charge in [0.2, 0.25) is 0 Å². The molecule has 6 heteroatoms. The number of carbonyl (C=O) groups is 1. The maximum absolute atomic E-state index is 12.4. The Morgan fingerprint density at radius 1 is 1.52 bits per heavy atom. The monoisotopic (exact) mass is 306 g/mol. The van der Waals surface area contributed by atoms with E-state index in [0.29, 0.717) is 24.3 Å². The average Bonchev–Trinajstić information content (AvgIpc) is 3.05. The van der Waals surface area contributed by atoms with Crippen molar-refractivity contribution in [2.75, 3.05) is 12.3 Å². The molecule has 0 aromatic carbocycles. The zero-order chi connectivity index (χ0) is 15.6. The van der Waals surface area contributed by atoms with Gasteiger partial charge in [-0.2, -0.15) is 5.10 Å². The van der Waals surface area contributed by atoms with Crippen molar-refractivity contribution < 1.29 is 4.79 Å². The van der Waals surface area contributed by atoms with Gasteiger partial charge in [-0.15, -0.1) is 11.3 Å². The number of amides is 1. The minimum atomic E-state index is -0.174. The number of nitrogens with two attached hydrogens (primary N) is 1. The van der Waals surface area contributed by atoms with E-state index in [2.05, 4.69) is 30.3 Å². The number of aryl methyl sites for hydroxylation is 2. The van der Waals surface area contributed by atoms with Crippen LogP contribution in [0, 0.1) is 0 Å². The minimum absolute atomic E-state index is 0.106. The third-order valence-corrected chi connectivity index (χ3v) is 4.83. The maximum Gasteiger partial charge on any atom is 0.271 e. The number of aromatic nitrogens is 2. The highest BCUT2D eigenvalue weighted by atomic mass is 32.1. The molecule has 0 saturated carbocycles. The molecule has 0 aliphatic rings. The number of thiophene rings is 1. The number of hydrogen-bond donors (Lipinski definition) is 2. The number of rotatable bonds is 5. The summed E-state index contributed by atoms with van der Waals surface area (Å²) in [5, 5.41) is 9.30. The second kappa shape index (κ2) is 5.89. The van der Waals surface area contributed by atoms with Crippen LogP contribution in [0.1, 0.15) is 41.8 Å². The Balaban J connectivity index is 2.11. The molecule has 5 nitrogen and oxygen atoms in total. The smallest absolute Gasteiger partial charge is 0.271 e. The molecule has 0 aliphatic carbocycles. The molecule has 1 amide bonds. The topological polar surface area (TPSA) is 72.9 Å². The quantitative estimate of drug-likeness (QED) is 0.890. The van der Waals surface area contributed by atoms with E-state index in [1.165, 1.54) is 4.88 Å². The molecular weight excluding hydrogens is 284 g/mol. The van der Waals surface area contributed by atoms with Gasteiger partial charge in [0.05, 0.1) is 11.4 Å². The molecule has 2 aromatic rings. The molecule has 0 radical (unpaired) electrons. The summed E-state index contributed by atoms with van der Waals surface area (Å²) >= 11 is 1.70. The van der Waals surface area contributed by atoms with Crippen molar-refractivity contribution in [1.82, 2.24) is 15.1 Å². The number of hydrogen-bond acceptors (Lipinski definition) is 4. The van der Waals surface area contributed by atoms with Crippen molar-refractivity contribution in [3.63, 3.8) is 0 Å². The average molecular weight is 306 g/mol. The molecule has 0 aliphatic heterocycles. The largest absolute Gasteiger partial charge is 0.395 e. The lowest BCUT2D eigenvalue weighted by Crippen LogP contribution is -2.37. The first kappa shape index (κ1) is 15.6. The second-order valence-corrected chi connectivity index (χ2v) is 6.68. The van der Waals surface area contributed by atoms with E-state index in [9.17, 15) is 4.79 Å². The third kappa shape index (κ3) is 3.10. The van der Waals surface area contributed by atoms with E-state index in [1.807, 2.05) is 18.4 Å². The fourth-order valence-corrected chi connectivity index (χ4v) is 3.11. The SMILES string of the molecule is CCc1nn(C)c(C(=O)NCC(C)(C)c2cccs2)c1N. The Morgan fingerprint density at radius 3 is 2.76 bits per heavy atom. The molecule has 114 valence electrons. The molecule has 21 heavy (non-hydrogen) atoms. The summed E-state index contributed by atoms with van der Waals surface area (Å²) < 4.78 is 1.56. The van der Waals surface area contributed by atoms with Crippen LogP contribution >= 0.6 is 11.3 Å². The van der Waals surface area contributed by atoms with Crippen molar-refractivity contribution in [2.45, 2.75) is 32.6 Å². The molecule has 2 aromatic heterocycles. The molecule has 2 heterocycles. The van der Waals surface area contributed by atoms with Crippen molar-refractivity contribution in [3.8, 4) is 0 Å². The predicted octanol–water partition coefficient (Wildman–Crippen LogP) is 2.33. The highest BCUT2D eigenvalue weighted by molar-refractivity contribution is 7.10. The van der Waals surface area contributed by atoms with Gasteiger partial charge in [0.1, 0.15) is 5.69 Å². The highest BCUT2D eigenvalue weighted by Crippen LogP contribution is 2.27. The molecule has 0 fully saturated rings. The molecule has 0 saturated heterocycles. The van der Waals surface area contributed by atoms with Gasteiger partial charge in [-0.1, -0.05) is 26.8 Å². The van der Waals surface area contributed by atoms with Crippen molar-refractivity contribution >= 4 is 22.9 Å². The first-order chi connectivity index (χ1) is 9.86. The fraction of sp³-hybridized carbons (Fsp3) is 0.467. The van der Waals surface area contributed by atoms with E-state index in [0.717, 1.165) is 5.69 Å². The number of anilines is 1. The lowest BCUT2D eigenvalue weighted by Gasteiger charge is -2.23. The molecule has 0 atom stereocenters. The number of carbonyl (C=O) groups excluding carboxylic acids is 1. The Labute approximate surface area is 129 Å². The molecule has 0 bridgehead atoms. The standard InChI is InChI=1S/C15H22N4OS/c1-5-10-12(16)13(19(4)18-10)14(20)17-9-15(2,3)11-7-6-8-21-11/h6-8H,5,9,16H2,1-4H3,(H,17,20). The van der Waals surface area contributed by atoms with Crippen molar-refractivity contribution in [1.29, 1.82) is 0 Å². The summed E-state index contributed by atoms with van der Waals surface area (Å²) in [5.41, 5.74) is 7.58. The Morgan fingerprint density at radius 2 is 2.24 bits per heavy atom. The Hall–Kier alpha value is -1.82. The van der Waals surface area contributed by atoms with Crippen molar-refractivity contribution in [3.05, 3.63) is 33.8 Å². The maximum atomic E-state index is 12.4. The highest BCUT2D eigenvalue weighted by Gasteiger charge is 2.25. The van der Waals surface area contributed by atoms with Gasteiger partial charge in [0, 0.05) is 23.9 Å². The Kier molecular flexibility index (Phi) is 4.37. The lowest BCUT2D eigenvalue weighted by molar-refractivity contribution is 0.0937. The fourth-order valence-electron chi connectivity index (χ4n) is 2.26. The third-order valence-electron chi connectivity index (χ3n) is 3.59. The predicted molar refractivity (Wildman–Crippen MR) is 86.7 cm³/mol. The van der Waals surface area contributed by atoms with Crippen LogP contribution in [0.25, 0.3) is 0 Å². The summed E-state index contributed by atoms with van der Waals surface area (Å²) in [5.74, 6) is -0.174. The van der Waals surface area contributed by atoms with Gasteiger partial charge in [0.15, 0.2) is 0 Å². The van der Waals surface area contributed by atoms with Crippen LogP contribution in [-0.4, -0.2) is 22.2 Å². The summed E-state index contributed by atoms with van der Waals surface area (Å²) in [6.07, 6.45) is 0.716. The van der Waals surface area contributed by atoms with Crippen LogP contribution in [0.2, 0.25) is 0 Å². The van der Waals surface area contributed by atoms with Crippen molar-refractivity contribution in [2.24, 2.45) is 7.05 Å². The first-order valence-electron chi connectivity index (χ1n) is 7.00. The van der Waals surface area contributed by atoms with Crippen LogP contribution in [0.5, 0.6) is 0 Å². The van der Waals surface area contributed by atoms with Gasteiger partial charge in [0.25, 0.3) is 5.91 Å². The number of nitrogens with one attached hydrogen (secondary N) is 1. The van der Waals surface area contributed by atoms with Gasteiger partial charge in [-0.25, -0.2) is 0 Å². The van der Waals surface area contributed by atoms with E-state index in [4.69, 9.17) is 5.73 Å². The van der Waals surface area contributed by atoms with Crippen LogP contribution in [0.3, 0.4) is 0 Å². The Bertz CT molecular complexity index is 628. The second-order valence-electron chi connectivity index (χ2n) is 5.73. The summed E-state index contributed by atoms with van der Waals surface area (Å²) in [6.45, 7) is 6.76. The van der Waals surface area contributed by atoms with Gasteiger partial charge >= 0.3 is 0 Å². The number of nitrogens with zero attached hydrogens (tertiary/aromatic N) is 2. The van der Waals surface area contributed by atoms with Crippen LogP contribution in [-0.2, 0) is 18.9 Å². The van der Waals surface area contributed by atoms with Gasteiger partial charge in [-0.05, 0) is 17.9 Å². The summed E-state index contributed by atoms with van der Waals surface area (Å²) in [7, 11) is 1.74. The first-order valence-corrected chi connectivity index (χ1v) is 7.88. The van der Waals surface area contributed by atoms with Gasteiger partial charge < -0.3 is 11.1 Å². The molecule has 2 rings (SSSR count). The van der Waals surface area contributed by atoms with Crippen LogP contribution in [0.15, 0.2) is 17.5 Å². The minimum Gasteiger partial charge on any atom is -0.395 e. The summed E-state index contributed by atoms with van der Waals surface area (Å²) in [4.78, 5) is 13.6. The normalized spacial score (nSPS) is 11.6. The van der Waals surface area contributed by atoms with E-state index in [-0.39, 0.29) is 11.3 Å². The molecule has 3 N–H and O–H groups in total. The summed E-state index contributed by atoms with van der Waals surface area (Å²) in [6, 6.07) is 4.11. The lowest BCUT2D eigenvalue weighted by atomic mass is 9.91. The molecule has 0 unspecified atom stereocenters. The van der Waals surface area contributed by atoms with Crippen LogP contribution < -0.4 is 11.1 Å². The molecular formula is C15H22N4OS. The zero-order valence-corrected chi connectivity index (χ0v) is 13.8.